The Kier molecular flexibility index (Phi) is 6.01. The van der Waals surface area contributed by atoms with Gasteiger partial charge in [-0.25, -0.2) is 0 Å². The van der Waals surface area contributed by atoms with Crippen LogP contribution in [0.25, 0.3) is 65.3 Å². The lowest BCUT2D eigenvalue weighted by Crippen LogP contribution is -2.14. The molecule has 1 heterocycles. The Labute approximate surface area is 279 Å². The van der Waals surface area contributed by atoms with Crippen LogP contribution in [0.5, 0.6) is 11.5 Å². The van der Waals surface area contributed by atoms with Gasteiger partial charge in [-0.15, -0.1) is 0 Å². The lowest BCUT2D eigenvalue weighted by atomic mass is 9.76. The molecular weight excluding hydrogens is 581 g/mol. The molecule has 1 nitrogen and oxygen atoms in total. The third kappa shape index (κ3) is 3.98. The maximum atomic E-state index is 7.23. The van der Waals surface area contributed by atoms with Crippen molar-refractivity contribution in [3.8, 4) is 33.8 Å². The topological polar surface area (TPSA) is 9.23 Å². The third-order valence-electron chi connectivity index (χ3n) is 10.2. The zero-order valence-electron chi connectivity index (χ0n) is 26.2. The molecule has 0 atom stereocenters. The Morgan fingerprint density at radius 1 is 0.292 bits per heavy atom. The fraction of sp³-hybridized carbons (Fsp3) is 0.0213. The molecular formula is C47H30O. The molecule has 0 unspecified atom stereocenters. The first kappa shape index (κ1) is 27.0. The van der Waals surface area contributed by atoms with Gasteiger partial charge in [0.15, 0.2) is 0 Å². The maximum Gasteiger partial charge on any atom is 0.140 e. The van der Waals surface area contributed by atoms with Crippen LogP contribution in [-0.4, -0.2) is 0 Å². The molecule has 1 aliphatic heterocycles. The van der Waals surface area contributed by atoms with Crippen molar-refractivity contribution in [2.75, 3.05) is 0 Å². The van der Waals surface area contributed by atoms with Crippen molar-refractivity contribution in [2.24, 2.45) is 0 Å². The van der Waals surface area contributed by atoms with E-state index in [0.29, 0.717) is 0 Å². The van der Waals surface area contributed by atoms with Crippen molar-refractivity contribution >= 4 is 43.1 Å². The van der Waals surface area contributed by atoms with Crippen LogP contribution in [0.2, 0.25) is 0 Å². The van der Waals surface area contributed by atoms with Crippen LogP contribution in [0.4, 0.5) is 0 Å². The first-order valence-electron chi connectivity index (χ1n) is 16.6. The van der Waals surface area contributed by atoms with Crippen molar-refractivity contribution in [1.82, 2.24) is 0 Å². The molecule has 224 valence electrons. The van der Waals surface area contributed by atoms with Crippen LogP contribution < -0.4 is 4.74 Å². The van der Waals surface area contributed by atoms with Crippen LogP contribution in [0.1, 0.15) is 22.6 Å². The summed E-state index contributed by atoms with van der Waals surface area (Å²) >= 11 is 0. The van der Waals surface area contributed by atoms with Crippen molar-refractivity contribution in [3.63, 3.8) is 0 Å². The molecule has 0 bridgehead atoms. The largest absolute Gasteiger partial charge is 0.455 e. The predicted molar refractivity (Wildman–Crippen MR) is 201 cm³/mol. The highest BCUT2D eigenvalue weighted by molar-refractivity contribution is 6.17. The van der Waals surface area contributed by atoms with Crippen molar-refractivity contribution in [1.29, 1.82) is 0 Å². The number of fused-ring (bicyclic) bond motifs is 12. The first-order valence-corrected chi connectivity index (χ1v) is 16.6. The molecule has 9 aromatic rings. The maximum absolute atomic E-state index is 7.23. The van der Waals surface area contributed by atoms with Gasteiger partial charge in [-0.2, -0.15) is 0 Å². The summed E-state index contributed by atoms with van der Waals surface area (Å²) in [5.41, 5.74) is 8.61. The second-order valence-corrected chi connectivity index (χ2v) is 12.7. The number of benzene rings is 9. The number of rotatable bonds is 3. The van der Waals surface area contributed by atoms with Gasteiger partial charge in [0.1, 0.15) is 11.5 Å². The van der Waals surface area contributed by atoms with Gasteiger partial charge in [-0.05, 0) is 60.1 Å². The summed E-state index contributed by atoms with van der Waals surface area (Å²) in [4.78, 5) is 0. The average Bonchev–Trinajstić information content (AvgIpc) is 3.18. The molecule has 9 aromatic carbocycles. The number of hydrogen-bond donors (Lipinski definition) is 0. The van der Waals surface area contributed by atoms with Gasteiger partial charge >= 0.3 is 0 Å². The molecule has 0 amide bonds. The fourth-order valence-electron chi connectivity index (χ4n) is 8.10. The van der Waals surface area contributed by atoms with E-state index in [0.717, 1.165) is 22.3 Å². The highest BCUT2D eigenvalue weighted by Gasteiger charge is 2.35. The molecule has 10 rings (SSSR count). The Bertz CT molecular complexity index is 2560. The molecule has 0 fully saturated rings. The Hall–Kier alpha value is -6.18. The molecule has 0 N–H and O–H groups in total. The molecule has 48 heavy (non-hydrogen) atoms. The van der Waals surface area contributed by atoms with Gasteiger partial charge in [0.2, 0.25) is 0 Å². The van der Waals surface area contributed by atoms with E-state index in [2.05, 4.69) is 176 Å². The molecule has 0 aromatic heterocycles. The molecule has 1 heteroatoms. The van der Waals surface area contributed by atoms with E-state index in [1.807, 2.05) is 0 Å². The van der Waals surface area contributed by atoms with E-state index in [-0.39, 0.29) is 5.92 Å². The standard InChI is InChI=1S/C47H30O/c1-2-14-30(15-3-1)33-16-4-5-17-34(33)31-26-28-32(29-27-31)43-44-39-22-10-6-18-35(39)37-20-8-12-24-41(37)46(44)48-47-42-25-13-9-21-38(42)36-19-7-11-23-40(36)45(43)47/h1-29,43H. The van der Waals surface area contributed by atoms with Crippen molar-refractivity contribution < 1.29 is 4.74 Å². The normalized spacial score (nSPS) is 12.7. The Morgan fingerprint density at radius 2 is 0.646 bits per heavy atom. The first-order chi connectivity index (χ1) is 23.8. The second-order valence-electron chi connectivity index (χ2n) is 12.7. The minimum absolute atomic E-state index is 0.0359. The van der Waals surface area contributed by atoms with Gasteiger partial charge in [0, 0.05) is 27.8 Å². The Balaban J connectivity index is 1.28. The van der Waals surface area contributed by atoms with Crippen LogP contribution in [0, 0.1) is 0 Å². The van der Waals surface area contributed by atoms with Crippen LogP contribution >= 0.6 is 0 Å². The van der Waals surface area contributed by atoms with Crippen molar-refractivity contribution in [3.05, 3.63) is 193 Å². The summed E-state index contributed by atoms with van der Waals surface area (Å²) < 4.78 is 7.23. The summed E-state index contributed by atoms with van der Waals surface area (Å²) in [5, 5.41) is 9.69. The summed E-state index contributed by atoms with van der Waals surface area (Å²) in [5.74, 6) is 1.88. The van der Waals surface area contributed by atoms with Gasteiger partial charge in [-0.3, -0.25) is 0 Å². The van der Waals surface area contributed by atoms with E-state index < -0.39 is 0 Å². The van der Waals surface area contributed by atoms with Crippen LogP contribution in [0.15, 0.2) is 176 Å². The van der Waals surface area contributed by atoms with Gasteiger partial charge in [0.25, 0.3) is 0 Å². The van der Waals surface area contributed by atoms with Crippen LogP contribution in [-0.2, 0) is 0 Å². The highest BCUT2D eigenvalue weighted by atomic mass is 16.5. The molecule has 0 aliphatic carbocycles. The Morgan fingerprint density at radius 3 is 1.12 bits per heavy atom. The second kappa shape index (κ2) is 10.7. The van der Waals surface area contributed by atoms with E-state index >= 15 is 0 Å². The van der Waals surface area contributed by atoms with Crippen LogP contribution in [0.3, 0.4) is 0 Å². The average molecular weight is 611 g/mol. The SMILES string of the molecule is c1ccc(-c2ccccc2-c2ccc(C3c4c(c5ccccc5c5ccccc45)Oc4c3c3ccccc3c3ccccc43)cc2)cc1. The summed E-state index contributed by atoms with van der Waals surface area (Å²) in [7, 11) is 0. The van der Waals surface area contributed by atoms with Gasteiger partial charge in [-0.1, -0.05) is 176 Å². The number of hydrogen-bond acceptors (Lipinski definition) is 1. The lowest BCUT2D eigenvalue weighted by molar-refractivity contribution is 0.467. The van der Waals surface area contributed by atoms with E-state index in [4.69, 9.17) is 4.74 Å². The molecule has 1 aliphatic rings. The van der Waals surface area contributed by atoms with E-state index in [1.165, 1.54) is 71.3 Å². The minimum atomic E-state index is -0.0359. The molecule has 0 spiro atoms. The predicted octanol–water partition coefficient (Wildman–Crippen LogP) is 12.9. The fourth-order valence-corrected chi connectivity index (χ4v) is 8.10. The molecule has 0 radical (unpaired) electrons. The summed E-state index contributed by atoms with van der Waals surface area (Å²) in [6.45, 7) is 0. The third-order valence-corrected chi connectivity index (χ3v) is 10.2. The van der Waals surface area contributed by atoms with E-state index in [1.54, 1.807) is 0 Å². The zero-order chi connectivity index (χ0) is 31.6. The van der Waals surface area contributed by atoms with E-state index in [9.17, 15) is 0 Å². The lowest BCUT2D eigenvalue weighted by Gasteiger charge is -2.33. The minimum Gasteiger partial charge on any atom is -0.455 e. The van der Waals surface area contributed by atoms with Gasteiger partial charge in [0.05, 0.1) is 0 Å². The monoisotopic (exact) mass is 610 g/mol. The smallest absolute Gasteiger partial charge is 0.140 e. The quantitative estimate of drug-likeness (QED) is 0.181. The number of ether oxygens (including phenoxy) is 1. The van der Waals surface area contributed by atoms with Crippen molar-refractivity contribution in [2.45, 2.75) is 5.92 Å². The molecule has 0 saturated heterocycles. The summed E-state index contributed by atoms with van der Waals surface area (Å²) in [6, 6.07) is 63.7. The zero-order valence-corrected chi connectivity index (χ0v) is 26.2. The molecule has 0 saturated carbocycles. The summed E-state index contributed by atoms with van der Waals surface area (Å²) in [6.07, 6.45) is 0. The highest BCUT2D eigenvalue weighted by Crippen LogP contribution is 2.57. The van der Waals surface area contributed by atoms with Gasteiger partial charge < -0.3 is 4.74 Å².